The van der Waals surface area contributed by atoms with Gasteiger partial charge in [-0.1, -0.05) is 13.8 Å². The molecule has 0 radical (unpaired) electrons. The minimum Gasteiger partial charge on any atom is -0.379 e. The fourth-order valence-electron chi connectivity index (χ4n) is 1.81. The number of hydrogen-bond donors (Lipinski definition) is 1. The molecule has 88 valence electrons. The Kier molecular flexibility index (Phi) is 5.83. The molecule has 1 aliphatic heterocycles. The van der Waals surface area contributed by atoms with E-state index in [0.29, 0.717) is 12.2 Å². The number of ether oxygens (including phenoxy) is 1. The van der Waals surface area contributed by atoms with Crippen LogP contribution in [-0.2, 0) is 9.53 Å². The Hall–Kier alpha value is -0.450. The summed E-state index contributed by atoms with van der Waals surface area (Å²) in [4.78, 5) is 14.0. The van der Waals surface area contributed by atoms with E-state index in [-0.39, 0.29) is 6.04 Å². The van der Waals surface area contributed by atoms with Gasteiger partial charge in [0.1, 0.15) is 0 Å². The first kappa shape index (κ1) is 12.6. The lowest BCUT2D eigenvalue weighted by Gasteiger charge is -2.30. The molecule has 1 atom stereocenters. The van der Waals surface area contributed by atoms with E-state index in [1.807, 2.05) is 13.8 Å². The number of morpholine rings is 1. The van der Waals surface area contributed by atoms with E-state index in [1.165, 1.54) is 0 Å². The second-order valence-electron chi connectivity index (χ2n) is 3.84. The average molecular weight is 214 g/mol. The van der Waals surface area contributed by atoms with E-state index in [1.54, 1.807) is 0 Å². The number of rotatable bonds is 6. The Balaban J connectivity index is 2.38. The molecule has 0 aromatic rings. The van der Waals surface area contributed by atoms with Gasteiger partial charge in [0.25, 0.3) is 0 Å². The van der Waals surface area contributed by atoms with Crippen molar-refractivity contribution >= 4 is 5.78 Å². The number of nitrogens with zero attached hydrogens (tertiary/aromatic N) is 1. The van der Waals surface area contributed by atoms with Gasteiger partial charge >= 0.3 is 0 Å². The van der Waals surface area contributed by atoms with E-state index >= 15 is 0 Å². The van der Waals surface area contributed by atoms with Crippen LogP contribution in [0.2, 0.25) is 0 Å². The SMILES string of the molecule is CCNC(CN1CCOCC1)C(=O)CC. The quantitative estimate of drug-likeness (QED) is 0.689. The number of carbonyl (C=O) groups excluding carboxylic acids is 1. The first-order valence-electron chi connectivity index (χ1n) is 5.84. The monoisotopic (exact) mass is 214 g/mol. The van der Waals surface area contributed by atoms with Gasteiger partial charge in [-0.15, -0.1) is 0 Å². The van der Waals surface area contributed by atoms with E-state index in [2.05, 4.69) is 10.2 Å². The minimum absolute atomic E-state index is 0.00176. The van der Waals surface area contributed by atoms with Crippen LogP contribution in [0.15, 0.2) is 0 Å². The molecule has 1 N–H and O–H groups in total. The molecule has 0 bridgehead atoms. The lowest BCUT2D eigenvalue weighted by molar-refractivity contribution is -0.121. The van der Waals surface area contributed by atoms with E-state index in [0.717, 1.165) is 39.4 Å². The molecule has 0 aromatic heterocycles. The van der Waals surface area contributed by atoms with Crippen molar-refractivity contribution in [3.8, 4) is 0 Å². The Labute approximate surface area is 92.0 Å². The van der Waals surface area contributed by atoms with Crippen LogP contribution < -0.4 is 5.32 Å². The summed E-state index contributed by atoms with van der Waals surface area (Å²) >= 11 is 0. The molecule has 0 saturated carbocycles. The van der Waals surface area contributed by atoms with E-state index in [9.17, 15) is 4.79 Å². The van der Waals surface area contributed by atoms with Crippen molar-refractivity contribution in [1.82, 2.24) is 10.2 Å². The van der Waals surface area contributed by atoms with Gasteiger partial charge in [-0.05, 0) is 6.54 Å². The lowest BCUT2D eigenvalue weighted by Crippen LogP contribution is -2.49. The molecule has 1 heterocycles. The maximum Gasteiger partial charge on any atom is 0.150 e. The van der Waals surface area contributed by atoms with Crippen LogP contribution in [0.1, 0.15) is 20.3 Å². The van der Waals surface area contributed by atoms with Crippen molar-refractivity contribution in [3.05, 3.63) is 0 Å². The summed E-state index contributed by atoms with van der Waals surface area (Å²) < 4.78 is 5.28. The third-order valence-electron chi connectivity index (χ3n) is 2.73. The first-order chi connectivity index (χ1) is 7.27. The van der Waals surface area contributed by atoms with Crippen molar-refractivity contribution in [2.24, 2.45) is 0 Å². The predicted octanol–water partition coefficient (Wildman–Crippen LogP) is 0.276. The highest BCUT2D eigenvalue weighted by Crippen LogP contribution is 2.01. The largest absolute Gasteiger partial charge is 0.379 e. The Morgan fingerprint density at radius 2 is 2.07 bits per heavy atom. The second-order valence-corrected chi connectivity index (χ2v) is 3.84. The number of nitrogens with one attached hydrogen (secondary N) is 1. The summed E-state index contributed by atoms with van der Waals surface area (Å²) in [6, 6.07) is -0.00176. The normalized spacial score (nSPS) is 20.1. The van der Waals surface area contributed by atoms with Gasteiger partial charge in [-0.2, -0.15) is 0 Å². The van der Waals surface area contributed by atoms with Gasteiger partial charge in [-0.25, -0.2) is 0 Å². The fraction of sp³-hybridized carbons (Fsp3) is 0.909. The Bertz CT molecular complexity index is 191. The molecule has 1 aliphatic rings. The van der Waals surface area contributed by atoms with Crippen LogP contribution in [0.3, 0.4) is 0 Å². The summed E-state index contributed by atoms with van der Waals surface area (Å²) in [5.41, 5.74) is 0. The topological polar surface area (TPSA) is 41.6 Å². The predicted molar refractivity (Wildman–Crippen MR) is 60.0 cm³/mol. The Morgan fingerprint density at radius 1 is 1.40 bits per heavy atom. The number of Topliss-reactive ketones (excluding diaryl/α,β-unsaturated/α-hetero) is 1. The molecule has 0 amide bonds. The molecule has 1 saturated heterocycles. The summed E-state index contributed by atoms with van der Waals surface area (Å²) in [5.74, 6) is 0.309. The molecular weight excluding hydrogens is 192 g/mol. The zero-order chi connectivity index (χ0) is 11.1. The molecule has 4 heteroatoms. The summed E-state index contributed by atoms with van der Waals surface area (Å²) in [6.45, 7) is 9.10. The lowest BCUT2D eigenvalue weighted by atomic mass is 10.1. The van der Waals surface area contributed by atoms with Gasteiger partial charge in [0.2, 0.25) is 0 Å². The van der Waals surface area contributed by atoms with Crippen molar-refractivity contribution in [2.75, 3.05) is 39.4 Å². The van der Waals surface area contributed by atoms with Gasteiger partial charge in [0.05, 0.1) is 19.3 Å². The molecule has 0 spiro atoms. The van der Waals surface area contributed by atoms with Crippen molar-refractivity contribution < 1.29 is 9.53 Å². The second kappa shape index (κ2) is 6.93. The highest BCUT2D eigenvalue weighted by Gasteiger charge is 2.20. The molecule has 4 nitrogen and oxygen atoms in total. The van der Waals surface area contributed by atoms with E-state index in [4.69, 9.17) is 4.74 Å². The molecule has 0 aromatic carbocycles. The van der Waals surface area contributed by atoms with Gasteiger partial charge in [0, 0.05) is 26.1 Å². The molecular formula is C11H22N2O2. The Morgan fingerprint density at radius 3 is 2.60 bits per heavy atom. The smallest absolute Gasteiger partial charge is 0.150 e. The summed E-state index contributed by atoms with van der Waals surface area (Å²) in [5, 5.41) is 3.25. The van der Waals surface area contributed by atoms with Gasteiger partial charge in [0.15, 0.2) is 5.78 Å². The molecule has 1 fully saturated rings. The van der Waals surface area contributed by atoms with Gasteiger partial charge < -0.3 is 10.1 Å². The van der Waals surface area contributed by atoms with Crippen LogP contribution >= 0.6 is 0 Å². The van der Waals surface area contributed by atoms with Crippen molar-refractivity contribution in [1.29, 1.82) is 0 Å². The van der Waals surface area contributed by atoms with Crippen LogP contribution in [0.5, 0.6) is 0 Å². The standard InChI is InChI=1S/C11H22N2O2/c1-3-11(14)10(12-4-2)9-13-5-7-15-8-6-13/h10,12H,3-9H2,1-2H3. The van der Waals surface area contributed by atoms with Crippen LogP contribution in [0.4, 0.5) is 0 Å². The molecule has 1 rings (SSSR count). The maximum absolute atomic E-state index is 11.7. The third-order valence-corrected chi connectivity index (χ3v) is 2.73. The number of likely N-dealkylation sites (N-methyl/N-ethyl adjacent to an activating group) is 1. The number of carbonyl (C=O) groups is 1. The summed E-state index contributed by atoms with van der Waals surface area (Å²) in [6.07, 6.45) is 0.613. The van der Waals surface area contributed by atoms with Crippen molar-refractivity contribution in [2.45, 2.75) is 26.3 Å². The highest BCUT2D eigenvalue weighted by molar-refractivity contribution is 5.83. The maximum atomic E-state index is 11.7. The van der Waals surface area contributed by atoms with E-state index < -0.39 is 0 Å². The summed E-state index contributed by atoms with van der Waals surface area (Å²) in [7, 11) is 0. The minimum atomic E-state index is -0.00176. The fourth-order valence-corrected chi connectivity index (χ4v) is 1.81. The zero-order valence-electron chi connectivity index (χ0n) is 9.79. The third kappa shape index (κ3) is 4.28. The van der Waals surface area contributed by atoms with Gasteiger partial charge in [-0.3, -0.25) is 9.69 Å². The zero-order valence-corrected chi connectivity index (χ0v) is 9.79. The number of ketones is 1. The van der Waals surface area contributed by atoms with Crippen molar-refractivity contribution in [3.63, 3.8) is 0 Å². The van der Waals surface area contributed by atoms with Crippen LogP contribution in [0.25, 0.3) is 0 Å². The average Bonchev–Trinajstić information content (AvgIpc) is 2.29. The number of hydrogen-bond acceptors (Lipinski definition) is 4. The molecule has 1 unspecified atom stereocenters. The van der Waals surface area contributed by atoms with Crippen LogP contribution in [-0.4, -0.2) is 56.1 Å². The molecule has 15 heavy (non-hydrogen) atoms. The first-order valence-corrected chi connectivity index (χ1v) is 5.84. The highest BCUT2D eigenvalue weighted by atomic mass is 16.5. The van der Waals surface area contributed by atoms with Crippen LogP contribution in [0, 0.1) is 0 Å². The molecule has 0 aliphatic carbocycles.